The highest BCUT2D eigenvalue weighted by Crippen LogP contribution is 2.40. The maximum absolute atomic E-state index is 4.59. The summed E-state index contributed by atoms with van der Waals surface area (Å²) in [7, 11) is 0. The third-order valence-electron chi connectivity index (χ3n) is 4.53. The van der Waals surface area contributed by atoms with E-state index < -0.39 is 0 Å². The van der Waals surface area contributed by atoms with Crippen LogP contribution in [0.5, 0.6) is 0 Å². The summed E-state index contributed by atoms with van der Waals surface area (Å²) < 4.78 is 0. The van der Waals surface area contributed by atoms with Crippen molar-refractivity contribution in [3.63, 3.8) is 0 Å². The van der Waals surface area contributed by atoms with Gasteiger partial charge in [0.1, 0.15) is 5.01 Å². The lowest BCUT2D eigenvalue weighted by atomic mass is 9.79. The van der Waals surface area contributed by atoms with Crippen LogP contribution in [0.4, 0.5) is 0 Å². The van der Waals surface area contributed by atoms with Gasteiger partial charge in [0.15, 0.2) is 0 Å². The van der Waals surface area contributed by atoms with E-state index in [0.29, 0.717) is 5.41 Å². The van der Waals surface area contributed by atoms with Crippen LogP contribution < -0.4 is 0 Å². The molecule has 4 nitrogen and oxygen atoms in total. The van der Waals surface area contributed by atoms with Crippen LogP contribution in [0.3, 0.4) is 0 Å². The predicted molar refractivity (Wildman–Crippen MR) is 86.6 cm³/mol. The molecule has 6 heteroatoms. The lowest BCUT2D eigenvalue weighted by molar-refractivity contribution is 0.00151. The molecule has 2 aliphatic heterocycles. The first kappa shape index (κ1) is 13.8. The first-order chi connectivity index (χ1) is 10.2. The number of hydrogen-bond acceptors (Lipinski definition) is 6. The third kappa shape index (κ3) is 2.90. The van der Waals surface area contributed by atoms with E-state index in [-0.39, 0.29) is 0 Å². The Morgan fingerprint density at radius 2 is 2.05 bits per heavy atom. The highest BCUT2D eigenvalue weighted by molar-refractivity contribution is 7.09. The highest BCUT2D eigenvalue weighted by Gasteiger charge is 2.47. The topological polar surface area (TPSA) is 32.3 Å². The minimum absolute atomic E-state index is 0.544. The van der Waals surface area contributed by atoms with E-state index in [1.807, 2.05) is 6.20 Å². The summed E-state index contributed by atoms with van der Waals surface area (Å²) in [6, 6.07) is 0. The van der Waals surface area contributed by atoms with Gasteiger partial charge < -0.3 is 0 Å². The molecule has 0 radical (unpaired) electrons. The zero-order valence-corrected chi connectivity index (χ0v) is 13.9. The summed E-state index contributed by atoms with van der Waals surface area (Å²) >= 11 is 3.52. The van der Waals surface area contributed by atoms with Crippen LogP contribution in [0.25, 0.3) is 0 Å². The van der Waals surface area contributed by atoms with Gasteiger partial charge in [0.05, 0.1) is 17.2 Å². The summed E-state index contributed by atoms with van der Waals surface area (Å²) in [6.07, 6.45) is 3.24. The smallest absolute Gasteiger partial charge is 0.107 e. The zero-order chi connectivity index (χ0) is 14.3. The first-order valence-electron chi connectivity index (χ1n) is 7.45. The average molecular weight is 320 g/mol. The second-order valence-electron chi connectivity index (χ2n) is 6.39. The number of nitrogens with zero attached hydrogens (tertiary/aromatic N) is 4. The van der Waals surface area contributed by atoms with Crippen LogP contribution in [0.1, 0.15) is 22.1 Å². The lowest BCUT2D eigenvalue weighted by Gasteiger charge is -2.48. The Kier molecular flexibility index (Phi) is 3.57. The van der Waals surface area contributed by atoms with Crippen molar-refractivity contribution in [2.75, 3.05) is 26.2 Å². The van der Waals surface area contributed by atoms with E-state index in [1.165, 1.54) is 48.3 Å². The minimum atomic E-state index is 0.544. The maximum atomic E-state index is 4.59. The fraction of sp³-hybridized carbons (Fsp3) is 0.600. The molecule has 0 aliphatic carbocycles. The van der Waals surface area contributed by atoms with Crippen molar-refractivity contribution < 1.29 is 0 Å². The standard InChI is InChI=1S/C15H20N4S2/c1-12-17-13(8-21-12)6-18-4-2-15(9-18)10-19(11-15)7-14-16-3-5-20-14/h3,5,8H,2,4,6-7,9-11H2,1H3. The Balaban J connectivity index is 1.29. The van der Waals surface area contributed by atoms with E-state index in [0.717, 1.165) is 13.1 Å². The molecule has 21 heavy (non-hydrogen) atoms. The highest BCUT2D eigenvalue weighted by atomic mass is 32.1. The molecule has 2 fully saturated rings. The van der Waals surface area contributed by atoms with E-state index in [9.17, 15) is 0 Å². The summed E-state index contributed by atoms with van der Waals surface area (Å²) in [5, 5.41) is 6.70. The molecule has 4 rings (SSSR count). The van der Waals surface area contributed by atoms with E-state index in [2.05, 4.69) is 37.5 Å². The van der Waals surface area contributed by atoms with Crippen LogP contribution >= 0.6 is 22.7 Å². The van der Waals surface area contributed by atoms with Gasteiger partial charge in [-0.3, -0.25) is 9.80 Å². The maximum Gasteiger partial charge on any atom is 0.107 e. The van der Waals surface area contributed by atoms with Gasteiger partial charge in [-0.15, -0.1) is 22.7 Å². The van der Waals surface area contributed by atoms with Crippen LogP contribution in [-0.4, -0.2) is 45.9 Å². The van der Waals surface area contributed by atoms with Gasteiger partial charge in [0, 0.05) is 48.6 Å². The van der Waals surface area contributed by atoms with Gasteiger partial charge in [-0.1, -0.05) is 0 Å². The van der Waals surface area contributed by atoms with Crippen molar-refractivity contribution >= 4 is 22.7 Å². The van der Waals surface area contributed by atoms with Gasteiger partial charge in [-0.2, -0.15) is 0 Å². The van der Waals surface area contributed by atoms with Gasteiger partial charge in [-0.25, -0.2) is 9.97 Å². The van der Waals surface area contributed by atoms with E-state index in [1.54, 1.807) is 22.7 Å². The number of rotatable bonds is 4. The van der Waals surface area contributed by atoms with Crippen molar-refractivity contribution in [2.24, 2.45) is 5.41 Å². The molecule has 0 amide bonds. The second kappa shape index (κ2) is 5.43. The van der Waals surface area contributed by atoms with E-state index in [4.69, 9.17) is 0 Å². The molecule has 2 aliphatic rings. The van der Waals surface area contributed by atoms with Crippen molar-refractivity contribution in [2.45, 2.75) is 26.4 Å². The Hall–Kier alpha value is -0.820. The molecule has 1 spiro atoms. The molecule has 4 heterocycles. The van der Waals surface area contributed by atoms with Crippen molar-refractivity contribution in [1.29, 1.82) is 0 Å². The summed E-state index contributed by atoms with van der Waals surface area (Å²) in [5.41, 5.74) is 1.79. The molecule has 2 saturated heterocycles. The van der Waals surface area contributed by atoms with Gasteiger partial charge >= 0.3 is 0 Å². The molecule has 0 bridgehead atoms. The largest absolute Gasteiger partial charge is 0.297 e. The predicted octanol–water partition coefficient (Wildman–Crippen LogP) is 2.62. The van der Waals surface area contributed by atoms with Gasteiger partial charge in [0.25, 0.3) is 0 Å². The molecule has 0 atom stereocenters. The zero-order valence-electron chi connectivity index (χ0n) is 12.3. The minimum Gasteiger partial charge on any atom is -0.297 e. The van der Waals surface area contributed by atoms with Crippen LogP contribution in [0.2, 0.25) is 0 Å². The molecule has 0 N–H and O–H groups in total. The molecule has 2 aromatic heterocycles. The summed E-state index contributed by atoms with van der Waals surface area (Å²) in [6.45, 7) is 9.07. The Labute approximate surface area is 133 Å². The second-order valence-corrected chi connectivity index (χ2v) is 8.43. The SMILES string of the molecule is Cc1nc(CN2CCC3(C2)CN(Cc2nccs2)C3)cs1. The van der Waals surface area contributed by atoms with Crippen molar-refractivity contribution in [1.82, 2.24) is 19.8 Å². The summed E-state index contributed by atoms with van der Waals surface area (Å²) in [4.78, 5) is 14.1. The van der Waals surface area contributed by atoms with E-state index >= 15 is 0 Å². The fourth-order valence-corrected chi connectivity index (χ4v) is 4.93. The Morgan fingerprint density at radius 1 is 1.19 bits per heavy atom. The molecule has 2 aromatic rings. The molecule has 0 aromatic carbocycles. The molecular formula is C15H20N4S2. The number of aromatic nitrogens is 2. The normalized spacial score (nSPS) is 22.0. The first-order valence-corrected chi connectivity index (χ1v) is 9.21. The molecule has 0 saturated carbocycles. The fourth-order valence-electron chi connectivity index (χ4n) is 3.67. The van der Waals surface area contributed by atoms with Crippen LogP contribution in [0.15, 0.2) is 17.0 Å². The van der Waals surface area contributed by atoms with Gasteiger partial charge in [-0.05, 0) is 19.9 Å². The van der Waals surface area contributed by atoms with Crippen molar-refractivity contribution in [3.8, 4) is 0 Å². The Bertz CT molecular complexity index is 601. The van der Waals surface area contributed by atoms with Gasteiger partial charge in [0.2, 0.25) is 0 Å². The lowest BCUT2D eigenvalue weighted by Crippen LogP contribution is -2.56. The molecule has 112 valence electrons. The monoisotopic (exact) mass is 320 g/mol. The van der Waals surface area contributed by atoms with Crippen molar-refractivity contribution in [3.05, 3.63) is 32.7 Å². The number of thiazole rings is 2. The molecular weight excluding hydrogens is 300 g/mol. The number of hydrogen-bond donors (Lipinski definition) is 0. The number of aryl methyl sites for hydroxylation is 1. The summed E-state index contributed by atoms with van der Waals surface area (Å²) in [5.74, 6) is 0. The number of likely N-dealkylation sites (tertiary alicyclic amines) is 2. The Morgan fingerprint density at radius 3 is 2.76 bits per heavy atom. The van der Waals surface area contributed by atoms with Crippen LogP contribution in [0, 0.1) is 12.3 Å². The average Bonchev–Trinajstić information content (AvgIpc) is 3.12. The van der Waals surface area contributed by atoms with Crippen LogP contribution in [-0.2, 0) is 13.1 Å². The quantitative estimate of drug-likeness (QED) is 0.867. The third-order valence-corrected chi connectivity index (χ3v) is 6.12. The molecule has 0 unspecified atom stereocenters.